The highest BCUT2D eigenvalue weighted by atomic mass is 32.2. The van der Waals surface area contributed by atoms with Gasteiger partial charge in [0.25, 0.3) is 18.4 Å². The zero-order valence-electron chi connectivity index (χ0n) is 20.2. The number of carboxylic acid groups (broad SMARTS) is 1. The van der Waals surface area contributed by atoms with E-state index < -0.39 is 30.5 Å². The van der Waals surface area contributed by atoms with E-state index in [4.69, 9.17) is 13.7 Å². The van der Waals surface area contributed by atoms with Crippen LogP contribution < -0.4 is 10.4 Å². The molecule has 0 aliphatic heterocycles. The molecular weight excluding hydrogens is 456 g/mol. The average Bonchev–Trinajstić information content (AvgIpc) is 2.73. The van der Waals surface area contributed by atoms with Gasteiger partial charge in [0.15, 0.2) is 0 Å². The largest absolute Gasteiger partial charge is 0.481 e. The van der Waals surface area contributed by atoms with Crippen molar-refractivity contribution in [2.45, 2.75) is 70.6 Å². The van der Waals surface area contributed by atoms with Gasteiger partial charge >= 0.3 is 5.97 Å². The summed E-state index contributed by atoms with van der Waals surface area (Å²) in [5, 5.41) is 11.2. The van der Waals surface area contributed by atoms with E-state index in [1.165, 1.54) is 10.4 Å². The van der Waals surface area contributed by atoms with E-state index in [9.17, 15) is 13.2 Å². The van der Waals surface area contributed by atoms with E-state index in [2.05, 4.69) is 45.0 Å². The van der Waals surface area contributed by atoms with Crippen LogP contribution in [0.3, 0.4) is 0 Å². The summed E-state index contributed by atoms with van der Waals surface area (Å²) in [5.41, 5.74) is 0. The van der Waals surface area contributed by atoms with Crippen LogP contribution in [0.25, 0.3) is 0 Å². The lowest BCUT2D eigenvalue weighted by Crippen LogP contribution is -2.67. The standard InChI is InChI=1S/C25H36O6SSi/c1-20(16-17-21(18-19-24(26)27)30-32(5,28)29)31-33(25(2,3)4,22-12-8-6-9-13-22)23-14-10-7-11-15-23/h6-15,20-21H,16-19H2,1-5H3,(H,26,27)/t20-,21+/m0/s1. The van der Waals surface area contributed by atoms with Crippen LogP contribution in [0.4, 0.5) is 0 Å². The summed E-state index contributed by atoms with van der Waals surface area (Å²) in [7, 11) is -6.41. The van der Waals surface area contributed by atoms with E-state index in [-0.39, 0.29) is 24.0 Å². The first-order chi connectivity index (χ1) is 15.3. The summed E-state index contributed by atoms with van der Waals surface area (Å²) in [4.78, 5) is 11.0. The predicted molar refractivity (Wildman–Crippen MR) is 134 cm³/mol. The number of hydrogen-bond donors (Lipinski definition) is 1. The Morgan fingerprint density at radius 1 is 0.939 bits per heavy atom. The third kappa shape index (κ3) is 7.77. The van der Waals surface area contributed by atoms with Crippen molar-refractivity contribution in [1.82, 2.24) is 0 Å². The summed E-state index contributed by atoms with van der Waals surface area (Å²) in [6, 6.07) is 20.6. The molecule has 0 aromatic heterocycles. The molecule has 0 spiro atoms. The van der Waals surface area contributed by atoms with E-state index in [0.29, 0.717) is 12.8 Å². The zero-order valence-corrected chi connectivity index (χ0v) is 22.0. The number of rotatable bonds is 12. The molecule has 0 fully saturated rings. The summed E-state index contributed by atoms with van der Waals surface area (Å²) in [5.74, 6) is -0.978. The van der Waals surface area contributed by atoms with E-state index in [1.54, 1.807) is 0 Å². The smallest absolute Gasteiger partial charge is 0.303 e. The monoisotopic (exact) mass is 492 g/mol. The van der Waals surface area contributed by atoms with Gasteiger partial charge in [-0.3, -0.25) is 8.98 Å². The quantitative estimate of drug-likeness (QED) is 0.357. The van der Waals surface area contributed by atoms with Gasteiger partial charge in [-0.25, -0.2) is 0 Å². The Morgan fingerprint density at radius 2 is 1.42 bits per heavy atom. The number of benzene rings is 2. The molecule has 0 heterocycles. The highest BCUT2D eigenvalue weighted by Crippen LogP contribution is 2.38. The third-order valence-corrected chi connectivity index (χ3v) is 11.5. The molecule has 33 heavy (non-hydrogen) atoms. The van der Waals surface area contributed by atoms with E-state index in [1.807, 2.05) is 43.3 Å². The second-order valence-electron chi connectivity index (χ2n) is 9.52. The van der Waals surface area contributed by atoms with Crippen LogP contribution in [0.15, 0.2) is 60.7 Å². The maximum Gasteiger partial charge on any atom is 0.303 e. The van der Waals surface area contributed by atoms with Gasteiger partial charge in [0.2, 0.25) is 0 Å². The van der Waals surface area contributed by atoms with Gasteiger partial charge in [0.05, 0.1) is 12.4 Å². The third-order valence-electron chi connectivity index (χ3n) is 5.68. The predicted octanol–water partition coefficient (Wildman–Crippen LogP) is 3.94. The second-order valence-corrected chi connectivity index (χ2v) is 15.4. The molecule has 6 nitrogen and oxygen atoms in total. The maximum absolute atomic E-state index is 11.7. The minimum atomic E-state index is -3.69. The molecule has 0 saturated heterocycles. The molecule has 2 rings (SSSR count). The van der Waals surface area contributed by atoms with Crippen molar-refractivity contribution < 1.29 is 26.9 Å². The Labute approximate surface area is 199 Å². The molecule has 0 unspecified atom stereocenters. The van der Waals surface area contributed by atoms with Crippen molar-refractivity contribution in [3.63, 3.8) is 0 Å². The Bertz CT molecular complexity index is 947. The fourth-order valence-electron chi connectivity index (χ4n) is 4.24. The van der Waals surface area contributed by atoms with Gasteiger partial charge in [-0.1, -0.05) is 81.4 Å². The Balaban J connectivity index is 2.33. The summed E-state index contributed by atoms with van der Waals surface area (Å²) >= 11 is 0. The van der Waals surface area contributed by atoms with Gasteiger partial charge in [0, 0.05) is 12.5 Å². The summed E-state index contributed by atoms with van der Waals surface area (Å²) in [6.45, 7) is 8.60. The van der Waals surface area contributed by atoms with Crippen molar-refractivity contribution in [3.05, 3.63) is 60.7 Å². The topological polar surface area (TPSA) is 89.9 Å². The highest BCUT2D eigenvalue weighted by molar-refractivity contribution is 7.86. The van der Waals surface area contributed by atoms with Crippen molar-refractivity contribution in [1.29, 1.82) is 0 Å². The van der Waals surface area contributed by atoms with Crippen molar-refractivity contribution >= 4 is 34.8 Å². The van der Waals surface area contributed by atoms with Crippen LogP contribution in [0.5, 0.6) is 0 Å². The molecule has 0 aliphatic carbocycles. The normalized spacial score (nSPS) is 14.6. The summed E-state index contributed by atoms with van der Waals surface area (Å²) < 4.78 is 35.5. The van der Waals surface area contributed by atoms with Crippen molar-refractivity contribution in [3.8, 4) is 0 Å². The van der Waals surface area contributed by atoms with Gasteiger partial charge in [0.1, 0.15) is 0 Å². The van der Waals surface area contributed by atoms with E-state index in [0.717, 1.165) is 6.26 Å². The molecule has 0 aliphatic rings. The zero-order chi connectivity index (χ0) is 24.7. The fourth-order valence-corrected chi connectivity index (χ4v) is 9.67. The molecule has 0 radical (unpaired) electrons. The van der Waals surface area contributed by atoms with Crippen LogP contribution in [0.1, 0.15) is 53.4 Å². The molecule has 182 valence electrons. The number of aliphatic carboxylic acids is 1. The SMILES string of the molecule is C[C@@H](CC[C@H](CCC(=O)O)OS(C)(=O)=O)O[Si](c1ccccc1)(c1ccccc1)C(C)(C)C. The number of carboxylic acids is 1. The average molecular weight is 493 g/mol. The molecule has 8 heteroatoms. The fraction of sp³-hybridized carbons (Fsp3) is 0.480. The van der Waals surface area contributed by atoms with Gasteiger partial charge in [-0.05, 0) is 41.6 Å². The van der Waals surface area contributed by atoms with Crippen LogP contribution in [-0.4, -0.2) is 46.3 Å². The highest BCUT2D eigenvalue weighted by Gasteiger charge is 2.50. The van der Waals surface area contributed by atoms with E-state index >= 15 is 0 Å². The molecule has 2 aromatic rings. The first-order valence-corrected chi connectivity index (χ1v) is 15.0. The maximum atomic E-state index is 11.7. The minimum absolute atomic E-state index is 0.133. The molecule has 0 bridgehead atoms. The minimum Gasteiger partial charge on any atom is -0.481 e. The first kappa shape index (κ1) is 27.2. The summed E-state index contributed by atoms with van der Waals surface area (Å²) in [6.07, 6.45) is 1.03. The van der Waals surface area contributed by atoms with Crippen LogP contribution in [0, 0.1) is 0 Å². The lowest BCUT2D eigenvalue weighted by Gasteiger charge is -2.44. The van der Waals surface area contributed by atoms with Crippen molar-refractivity contribution in [2.24, 2.45) is 0 Å². The Morgan fingerprint density at radius 3 is 1.82 bits per heavy atom. The number of carbonyl (C=O) groups is 1. The van der Waals surface area contributed by atoms with Crippen molar-refractivity contribution in [2.75, 3.05) is 6.26 Å². The molecule has 2 aromatic carbocycles. The second kappa shape index (κ2) is 11.4. The number of hydrogen-bond acceptors (Lipinski definition) is 5. The lowest BCUT2D eigenvalue weighted by atomic mass is 10.1. The van der Waals surface area contributed by atoms with Gasteiger partial charge in [-0.2, -0.15) is 8.42 Å². The molecular formula is C25H36O6SSi. The van der Waals surface area contributed by atoms with Gasteiger partial charge < -0.3 is 9.53 Å². The molecule has 1 N–H and O–H groups in total. The Kier molecular flexibility index (Phi) is 9.43. The molecule has 0 saturated carbocycles. The van der Waals surface area contributed by atoms with Gasteiger partial charge in [-0.15, -0.1) is 0 Å². The lowest BCUT2D eigenvalue weighted by molar-refractivity contribution is -0.137. The van der Waals surface area contributed by atoms with Crippen LogP contribution >= 0.6 is 0 Å². The first-order valence-electron chi connectivity index (χ1n) is 11.2. The van der Waals surface area contributed by atoms with Crippen LogP contribution in [0.2, 0.25) is 5.04 Å². The Hall–Kier alpha value is -2.00. The molecule has 0 amide bonds. The molecule has 2 atom stereocenters. The van der Waals surface area contributed by atoms with Crippen LogP contribution in [-0.2, 0) is 23.5 Å².